The van der Waals surface area contributed by atoms with Crippen molar-refractivity contribution in [3.05, 3.63) is 35.9 Å². The molecular weight excluding hydrogens is 360 g/mol. The lowest BCUT2D eigenvalue weighted by Crippen LogP contribution is -2.53. The molecule has 0 N–H and O–H groups in total. The van der Waals surface area contributed by atoms with Crippen LogP contribution < -0.4 is 0 Å². The zero-order valence-electron chi connectivity index (χ0n) is 18.1. The normalized spacial score (nSPS) is 44.2. The van der Waals surface area contributed by atoms with Crippen molar-refractivity contribution in [1.29, 1.82) is 0 Å². The maximum atomic E-state index is 12.0. The van der Waals surface area contributed by atoms with E-state index in [-0.39, 0.29) is 11.4 Å². The average Bonchev–Trinajstić information content (AvgIpc) is 2.99. The fraction of sp³-hybridized carbons (Fsp3) is 0.731. The molecule has 29 heavy (non-hydrogen) atoms. The number of hydrogen-bond donors (Lipinski definition) is 0. The highest BCUT2D eigenvalue weighted by atomic mass is 16.5. The zero-order valence-corrected chi connectivity index (χ0v) is 18.1. The number of carbonyl (C=O) groups is 1. The Kier molecular flexibility index (Phi) is 5.01. The van der Waals surface area contributed by atoms with E-state index in [1.165, 1.54) is 44.1 Å². The minimum Gasteiger partial charge on any atom is -0.465 e. The molecule has 4 fully saturated rings. The third-order valence-electron chi connectivity index (χ3n) is 9.59. The number of esters is 1. The van der Waals surface area contributed by atoms with Crippen molar-refractivity contribution in [2.45, 2.75) is 77.9 Å². The first-order valence-corrected chi connectivity index (χ1v) is 11.8. The monoisotopic (exact) mass is 396 g/mol. The van der Waals surface area contributed by atoms with Gasteiger partial charge in [-0.05, 0) is 85.0 Å². The van der Waals surface area contributed by atoms with Crippen molar-refractivity contribution < 1.29 is 14.3 Å². The van der Waals surface area contributed by atoms with E-state index in [0.29, 0.717) is 30.5 Å². The van der Waals surface area contributed by atoms with E-state index >= 15 is 0 Å². The molecule has 0 bridgehead atoms. The first-order valence-electron chi connectivity index (χ1n) is 11.8. The second-order valence-corrected chi connectivity index (χ2v) is 10.7. The fourth-order valence-corrected chi connectivity index (χ4v) is 7.83. The van der Waals surface area contributed by atoms with Crippen molar-refractivity contribution >= 4 is 5.97 Å². The van der Waals surface area contributed by atoms with Crippen LogP contribution in [0.2, 0.25) is 0 Å². The highest BCUT2D eigenvalue weighted by Crippen LogP contribution is 2.65. The number of hydrogen-bond acceptors (Lipinski definition) is 3. The molecule has 3 aliphatic carbocycles. The van der Waals surface area contributed by atoms with E-state index < -0.39 is 0 Å². The lowest BCUT2D eigenvalue weighted by molar-refractivity contribution is -0.145. The second-order valence-electron chi connectivity index (χ2n) is 10.7. The molecule has 1 aromatic carbocycles. The van der Waals surface area contributed by atoms with E-state index in [0.717, 1.165) is 30.8 Å². The Morgan fingerprint density at radius 2 is 1.76 bits per heavy atom. The van der Waals surface area contributed by atoms with Crippen LogP contribution in [0.4, 0.5) is 0 Å². The van der Waals surface area contributed by atoms with Crippen LogP contribution in [0.15, 0.2) is 30.3 Å². The van der Waals surface area contributed by atoms with Crippen molar-refractivity contribution in [3.8, 4) is 0 Å². The minimum absolute atomic E-state index is 0.0214. The molecule has 3 heteroatoms. The zero-order chi connectivity index (χ0) is 20.1. The molecule has 3 saturated carbocycles. The quantitative estimate of drug-likeness (QED) is 0.609. The number of carbonyl (C=O) groups excluding carboxylic acids is 1. The van der Waals surface area contributed by atoms with E-state index in [2.05, 4.69) is 44.2 Å². The average molecular weight is 397 g/mol. The molecule has 7 atom stereocenters. The van der Waals surface area contributed by atoms with Gasteiger partial charge in [-0.15, -0.1) is 0 Å². The molecule has 0 amide bonds. The molecular formula is C26H36O3. The van der Waals surface area contributed by atoms with Crippen LogP contribution in [-0.4, -0.2) is 18.7 Å². The molecule has 3 nitrogen and oxygen atoms in total. The molecule has 4 aliphatic rings. The van der Waals surface area contributed by atoms with Crippen LogP contribution in [0, 0.1) is 34.5 Å². The summed E-state index contributed by atoms with van der Waals surface area (Å²) in [6.45, 7) is 6.40. The Labute approximate surface area is 175 Å². The maximum absolute atomic E-state index is 12.0. The summed E-state index contributed by atoms with van der Waals surface area (Å²) in [7, 11) is 0. The summed E-state index contributed by atoms with van der Waals surface area (Å²) in [6, 6.07) is 10.6. The first kappa shape index (κ1) is 19.6. The van der Waals surface area contributed by atoms with Gasteiger partial charge < -0.3 is 9.47 Å². The van der Waals surface area contributed by atoms with E-state index in [4.69, 9.17) is 9.47 Å². The van der Waals surface area contributed by atoms with Crippen molar-refractivity contribution in [2.24, 2.45) is 34.5 Å². The van der Waals surface area contributed by atoms with E-state index in [1.54, 1.807) is 0 Å². The van der Waals surface area contributed by atoms with Crippen LogP contribution in [-0.2, 0) is 20.9 Å². The predicted octanol–water partition coefficient (Wildman–Crippen LogP) is 5.77. The van der Waals surface area contributed by atoms with E-state index in [1.807, 2.05) is 0 Å². The fourth-order valence-electron chi connectivity index (χ4n) is 7.83. The Balaban J connectivity index is 1.32. The van der Waals surface area contributed by atoms with Gasteiger partial charge in [0.15, 0.2) is 0 Å². The standard InChI is InChI=1S/C26H36O3/c1-25-15-13-24(27)29-17-19(25)8-9-20-21-10-11-23(26(21,2)14-12-22(20)25)28-16-18-6-4-3-5-7-18/h3-7,19-23H,8-17H2,1-2H3/t19-,20-,21-,22-,23-,25-,26-/m0/s1. The van der Waals surface area contributed by atoms with Crippen molar-refractivity contribution in [2.75, 3.05) is 6.61 Å². The molecule has 1 heterocycles. The van der Waals surface area contributed by atoms with Crippen LogP contribution >= 0.6 is 0 Å². The summed E-state index contributed by atoms with van der Waals surface area (Å²) in [6.07, 6.45) is 9.65. The van der Waals surface area contributed by atoms with Gasteiger partial charge in [0.25, 0.3) is 0 Å². The molecule has 1 aliphatic heterocycles. The second kappa shape index (κ2) is 7.41. The van der Waals surface area contributed by atoms with Crippen LogP contribution in [0.5, 0.6) is 0 Å². The lowest BCUT2D eigenvalue weighted by Gasteiger charge is -2.58. The Hall–Kier alpha value is -1.35. The summed E-state index contributed by atoms with van der Waals surface area (Å²) in [5, 5.41) is 0. The molecule has 0 spiro atoms. The number of rotatable bonds is 3. The van der Waals surface area contributed by atoms with Gasteiger partial charge in [0.2, 0.25) is 0 Å². The minimum atomic E-state index is 0.0214. The van der Waals surface area contributed by atoms with Crippen molar-refractivity contribution in [3.63, 3.8) is 0 Å². The van der Waals surface area contributed by atoms with Crippen LogP contribution in [0.3, 0.4) is 0 Å². The molecule has 1 saturated heterocycles. The SMILES string of the molecule is C[C@]12CCC(=O)OC[C@@H]1CC[C@@H]1[C@@H]2CC[C@]2(C)[C@@H](OCc3ccccc3)CC[C@@H]12. The Bertz CT molecular complexity index is 746. The van der Waals surface area contributed by atoms with Gasteiger partial charge in [-0.3, -0.25) is 4.79 Å². The number of benzene rings is 1. The number of ether oxygens (including phenoxy) is 2. The maximum Gasteiger partial charge on any atom is 0.305 e. The third-order valence-corrected chi connectivity index (χ3v) is 9.59. The lowest BCUT2D eigenvalue weighted by atomic mass is 9.47. The topological polar surface area (TPSA) is 35.5 Å². The summed E-state index contributed by atoms with van der Waals surface area (Å²) in [4.78, 5) is 12.0. The molecule has 158 valence electrons. The molecule has 0 radical (unpaired) electrons. The molecule has 1 aromatic rings. The van der Waals surface area contributed by atoms with Gasteiger partial charge in [-0.25, -0.2) is 0 Å². The molecule has 5 rings (SSSR count). The largest absolute Gasteiger partial charge is 0.465 e. The van der Waals surface area contributed by atoms with Gasteiger partial charge in [0.05, 0.1) is 19.3 Å². The van der Waals surface area contributed by atoms with E-state index in [9.17, 15) is 4.79 Å². The first-order chi connectivity index (χ1) is 14.0. The van der Waals surface area contributed by atoms with Gasteiger partial charge in [-0.2, -0.15) is 0 Å². The van der Waals surface area contributed by atoms with Crippen molar-refractivity contribution in [1.82, 2.24) is 0 Å². The number of fused-ring (bicyclic) bond motifs is 5. The highest BCUT2D eigenvalue weighted by Gasteiger charge is 2.60. The number of cyclic esters (lactones) is 1. The summed E-state index contributed by atoms with van der Waals surface area (Å²) in [5.74, 6) is 2.91. The van der Waals surface area contributed by atoms with Gasteiger partial charge in [0, 0.05) is 6.42 Å². The summed E-state index contributed by atoms with van der Waals surface area (Å²) >= 11 is 0. The summed E-state index contributed by atoms with van der Waals surface area (Å²) < 4.78 is 12.1. The summed E-state index contributed by atoms with van der Waals surface area (Å²) in [5.41, 5.74) is 1.87. The molecule has 0 unspecified atom stereocenters. The third kappa shape index (κ3) is 3.24. The smallest absolute Gasteiger partial charge is 0.305 e. The van der Waals surface area contributed by atoms with Crippen LogP contribution in [0.25, 0.3) is 0 Å². The highest BCUT2D eigenvalue weighted by molar-refractivity contribution is 5.69. The van der Waals surface area contributed by atoms with Crippen LogP contribution in [0.1, 0.15) is 70.8 Å². The Morgan fingerprint density at radius 3 is 2.59 bits per heavy atom. The van der Waals surface area contributed by atoms with Gasteiger partial charge in [-0.1, -0.05) is 44.2 Å². The molecule has 0 aromatic heterocycles. The van der Waals surface area contributed by atoms with Gasteiger partial charge >= 0.3 is 5.97 Å². The Morgan fingerprint density at radius 1 is 0.966 bits per heavy atom. The van der Waals surface area contributed by atoms with Gasteiger partial charge in [0.1, 0.15) is 0 Å². The predicted molar refractivity (Wildman–Crippen MR) is 113 cm³/mol.